The molecule has 0 aliphatic rings. The van der Waals surface area contributed by atoms with Crippen molar-refractivity contribution in [3.05, 3.63) is 29.3 Å². The van der Waals surface area contributed by atoms with E-state index in [1.54, 1.807) is 13.0 Å². The molecular weight excluding hydrogens is 236 g/mol. The lowest BCUT2D eigenvalue weighted by Crippen LogP contribution is -1.99. The Labute approximate surface area is 93.7 Å². The van der Waals surface area contributed by atoms with E-state index in [1.165, 1.54) is 6.26 Å². The van der Waals surface area contributed by atoms with Gasteiger partial charge in [0.15, 0.2) is 11.5 Å². The zero-order valence-electron chi connectivity index (χ0n) is 8.61. The number of oxazole rings is 1. The van der Waals surface area contributed by atoms with Gasteiger partial charge in [0.05, 0.1) is 6.26 Å². The quantitative estimate of drug-likeness (QED) is 0.896. The molecule has 0 fully saturated rings. The fraction of sp³-hybridized carbons (Fsp3) is 0.200. The van der Waals surface area contributed by atoms with E-state index in [9.17, 15) is 13.6 Å². The number of alkyl halides is 2. The van der Waals surface area contributed by atoms with Crippen LogP contribution in [0.5, 0.6) is 0 Å². The van der Waals surface area contributed by atoms with Crippen LogP contribution in [0.25, 0.3) is 11.7 Å². The Kier molecular flexibility index (Phi) is 2.66. The molecule has 0 spiro atoms. The van der Waals surface area contributed by atoms with Crippen molar-refractivity contribution in [3.63, 3.8) is 0 Å². The molecule has 0 amide bonds. The van der Waals surface area contributed by atoms with Crippen LogP contribution < -0.4 is 0 Å². The third kappa shape index (κ3) is 1.91. The highest BCUT2D eigenvalue weighted by Crippen LogP contribution is 2.30. The maximum Gasteiger partial charge on any atom is 0.374 e. The Balaban J connectivity index is 2.55. The van der Waals surface area contributed by atoms with Crippen molar-refractivity contribution in [1.82, 2.24) is 4.98 Å². The number of rotatable bonds is 3. The Morgan fingerprint density at radius 3 is 2.65 bits per heavy atom. The first-order chi connectivity index (χ1) is 8.00. The number of hydrogen-bond donors (Lipinski definition) is 1. The average Bonchev–Trinajstić information content (AvgIpc) is 2.82. The van der Waals surface area contributed by atoms with Gasteiger partial charge in [-0.15, -0.1) is 0 Å². The summed E-state index contributed by atoms with van der Waals surface area (Å²) in [5, 5.41) is 8.70. The number of carboxylic acids is 1. The summed E-state index contributed by atoms with van der Waals surface area (Å²) in [5.74, 6) is -2.59. The van der Waals surface area contributed by atoms with Crippen molar-refractivity contribution in [1.29, 1.82) is 0 Å². The first kappa shape index (κ1) is 11.3. The number of furan rings is 1. The van der Waals surface area contributed by atoms with Crippen molar-refractivity contribution < 1.29 is 27.5 Å². The fourth-order valence-electron chi connectivity index (χ4n) is 1.32. The van der Waals surface area contributed by atoms with Crippen LogP contribution in [0.2, 0.25) is 0 Å². The van der Waals surface area contributed by atoms with E-state index in [0.717, 1.165) is 0 Å². The second-order valence-corrected chi connectivity index (χ2v) is 3.27. The number of halogens is 2. The number of aromatic carboxylic acids is 1. The molecule has 0 unspecified atom stereocenters. The Morgan fingerprint density at radius 2 is 2.24 bits per heavy atom. The standard InChI is InChI=1S/C10H7F2NO4/c1-4-2-3-16-6(4)9-13-5(8(11)12)7(17-9)10(14)15/h2-3,8H,1H3,(H,14,15). The molecule has 2 heterocycles. The van der Waals surface area contributed by atoms with Gasteiger partial charge >= 0.3 is 5.97 Å². The topological polar surface area (TPSA) is 76.5 Å². The average molecular weight is 243 g/mol. The molecule has 0 radical (unpaired) electrons. The minimum atomic E-state index is -3.02. The molecular formula is C10H7F2NO4. The lowest BCUT2D eigenvalue weighted by molar-refractivity contribution is 0.0646. The monoisotopic (exact) mass is 243 g/mol. The van der Waals surface area contributed by atoms with Crippen LogP contribution in [0.4, 0.5) is 8.78 Å². The lowest BCUT2D eigenvalue weighted by Gasteiger charge is -1.91. The fourth-order valence-corrected chi connectivity index (χ4v) is 1.32. The molecule has 5 nitrogen and oxygen atoms in total. The summed E-state index contributed by atoms with van der Waals surface area (Å²) in [6, 6.07) is 1.59. The smallest absolute Gasteiger partial charge is 0.374 e. The maximum atomic E-state index is 12.5. The number of aromatic nitrogens is 1. The van der Waals surface area contributed by atoms with Crippen molar-refractivity contribution in [2.45, 2.75) is 13.3 Å². The van der Waals surface area contributed by atoms with E-state index in [4.69, 9.17) is 13.9 Å². The van der Waals surface area contributed by atoms with Crippen LogP contribution in [0, 0.1) is 6.92 Å². The SMILES string of the molecule is Cc1ccoc1-c1nc(C(F)F)c(C(=O)O)o1. The molecule has 0 saturated heterocycles. The van der Waals surface area contributed by atoms with Crippen LogP contribution in [-0.2, 0) is 0 Å². The van der Waals surface area contributed by atoms with Crippen molar-refractivity contribution in [2.75, 3.05) is 0 Å². The van der Waals surface area contributed by atoms with Gasteiger partial charge in [0.1, 0.15) is 0 Å². The van der Waals surface area contributed by atoms with Crippen LogP contribution >= 0.6 is 0 Å². The first-order valence-electron chi connectivity index (χ1n) is 4.57. The molecule has 1 N–H and O–H groups in total. The Hall–Kier alpha value is -2.18. The highest BCUT2D eigenvalue weighted by Gasteiger charge is 2.28. The normalized spacial score (nSPS) is 11.1. The van der Waals surface area contributed by atoms with Crippen LogP contribution in [0.1, 0.15) is 28.2 Å². The largest absolute Gasteiger partial charge is 0.475 e. The summed E-state index contributed by atoms with van der Waals surface area (Å²) in [5.41, 5.74) is -0.285. The second-order valence-electron chi connectivity index (χ2n) is 3.27. The molecule has 17 heavy (non-hydrogen) atoms. The van der Waals surface area contributed by atoms with Crippen LogP contribution in [-0.4, -0.2) is 16.1 Å². The highest BCUT2D eigenvalue weighted by molar-refractivity contribution is 5.86. The Bertz CT molecular complexity index is 558. The van der Waals surface area contributed by atoms with Gasteiger partial charge in [-0.25, -0.2) is 18.6 Å². The molecule has 0 aromatic carbocycles. The summed E-state index contributed by atoms with van der Waals surface area (Å²) < 4.78 is 34.8. The third-order valence-corrected chi connectivity index (χ3v) is 2.11. The minimum Gasteiger partial charge on any atom is -0.475 e. The Morgan fingerprint density at radius 1 is 1.53 bits per heavy atom. The molecule has 0 aliphatic carbocycles. The molecule has 2 aromatic heterocycles. The third-order valence-electron chi connectivity index (χ3n) is 2.11. The van der Waals surface area contributed by atoms with E-state index in [-0.39, 0.29) is 11.7 Å². The van der Waals surface area contributed by atoms with Gasteiger partial charge in [-0.3, -0.25) is 0 Å². The second kappa shape index (κ2) is 4.00. The molecule has 0 bridgehead atoms. The van der Waals surface area contributed by atoms with Gasteiger partial charge in [-0.05, 0) is 13.0 Å². The number of carboxylic acid groups (broad SMARTS) is 1. The number of hydrogen-bond acceptors (Lipinski definition) is 4. The molecule has 2 aromatic rings. The number of carbonyl (C=O) groups is 1. The van der Waals surface area contributed by atoms with Crippen molar-refractivity contribution in [3.8, 4) is 11.7 Å². The van der Waals surface area contributed by atoms with E-state index in [1.807, 2.05) is 0 Å². The van der Waals surface area contributed by atoms with Gasteiger partial charge in [0, 0.05) is 5.56 Å². The summed E-state index contributed by atoms with van der Waals surface area (Å²) in [6.07, 6.45) is -1.69. The van der Waals surface area contributed by atoms with Gasteiger partial charge in [0.2, 0.25) is 5.76 Å². The van der Waals surface area contributed by atoms with E-state index in [2.05, 4.69) is 4.98 Å². The van der Waals surface area contributed by atoms with Crippen LogP contribution in [0.3, 0.4) is 0 Å². The summed E-state index contributed by atoms with van der Waals surface area (Å²) in [6.45, 7) is 1.66. The van der Waals surface area contributed by atoms with E-state index >= 15 is 0 Å². The van der Waals surface area contributed by atoms with E-state index < -0.39 is 23.8 Å². The van der Waals surface area contributed by atoms with Gasteiger partial charge in [-0.1, -0.05) is 0 Å². The predicted octanol–water partition coefficient (Wildman–Crippen LogP) is 2.88. The minimum absolute atomic E-state index is 0.138. The van der Waals surface area contributed by atoms with Gasteiger partial charge in [0.25, 0.3) is 12.3 Å². The highest BCUT2D eigenvalue weighted by atomic mass is 19.3. The maximum absolute atomic E-state index is 12.5. The predicted molar refractivity (Wildman–Crippen MR) is 50.9 cm³/mol. The van der Waals surface area contributed by atoms with Crippen LogP contribution in [0.15, 0.2) is 21.2 Å². The number of nitrogens with zero attached hydrogens (tertiary/aromatic N) is 1. The summed E-state index contributed by atoms with van der Waals surface area (Å²) >= 11 is 0. The van der Waals surface area contributed by atoms with Crippen molar-refractivity contribution >= 4 is 5.97 Å². The molecule has 0 aliphatic heterocycles. The van der Waals surface area contributed by atoms with Crippen molar-refractivity contribution in [2.24, 2.45) is 0 Å². The molecule has 2 rings (SSSR count). The van der Waals surface area contributed by atoms with Gasteiger partial charge < -0.3 is 13.9 Å². The first-order valence-corrected chi connectivity index (χ1v) is 4.57. The zero-order chi connectivity index (χ0) is 12.6. The zero-order valence-corrected chi connectivity index (χ0v) is 8.61. The molecule has 90 valence electrons. The molecule has 0 saturated carbocycles. The van der Waals surface area contributed by atoms with Gasteiger partial charge in [-0.2, -0.15) is 0 Å². The molecule has 7 heteroatoms. The molecule has 0 atom stereocenters. The van der Waals surface area contributed by atoms with E-state index in [0.29, 0.717) is 5.56 Å². The number of aryl methyl sites for hydroxylation is 1. The summed E-state index contributed by atoms with van der Waals surface area (Å²) in [7, 11) is 0. The lowest BCUT2D eigenvalue weighted by atomic mass is 10.3. The summed E-state index contributed by atoms with van der Waals surface area (Å²) in [4.78, 5) is 14.1.